The third kappa shape index (κ3) is 4.87. The van der Waals surface area contributed by atoms with Gasteiger partial charge in [0.1, 0.15) is 5.75 Å². The number of ether oxygens (including phenoxy) is 1. The van der Waals surface area contributed by atoms with E-state index in [-0.39, 0.29) is 5.91 Å². The molecule has 1 amide bonds. The molecular weight excluding hydrogens is 216 g/mol. The first-order valence-corrected chi connectivity index (χ1v) is 5.98. The molecule has 4 heteroatoms. The van der Waals surface area contributed by atoms with Crippen LogP contribution in [-0.4, -0.2) is 19.6 Å². The number of benzene rings is 1. The van der Waals surface area contributed by atoms with Gasteiger partial charge in [-0.3, -0.25) is 10.2 Å². The first kappa shape index (κ1) is 13.5. The molecule has 0 heterocycles. The number of nitrogens with one attached hydrogen (secondary N) is 2. The Balaban J connectivity index is 2.42. The highest BCUT2D eigenvalue weighted by molar-refractivity contribution is 5.93. The molecule has 4 nitrogen and oxygen atoms in total. The molecule has 0 aromatic heterocycles. The molecule has 2 N–H and O–H groups in total. The second-order valence-corrected chi connectivity index (χ2v) is 3.78. The number of hydrogen-bond acceptors (Lipinski definition) is 3. The molecule has 0 fully saturated rings. The van der Waals surface area contributed by atoms with E-state index in [0.717, 1.165) is 18.8 Å². The van der Waals surface area contributed by atoms with Crippen molar-refractivity contribution in [2.75, 3.05) is 13.7 Å². The van der Waals surface area contributed by atoms with E-state index in [0.29, 0.717) is 5.56 Å². The molecule has 0 unspecified atom stereocenters. The zero-order valence-corrected chi connectivity index (χ0v) is 10.5. The first-order chi connectivity index (χ1) is 8.27. The molecule has 0 radical (unpaired) electrons. The fraction of sp³-hybridized carbons (Fsp3) is 0.462. The highest BCUT2D eigenvalue weighted by Crippen LogP contribution is 2.12. The number of amides is 1. The van der Waals surface area contributed by atoms with Crippen LogP contribution in [-0.2, 0) is 0 Å². The van der Waals surface area contributed by atoms with E-state index in [1.54, 1.807) is 19.2 Å². The monoisotopic (exact) mass is 236 g/mol. The van der Waals surface area contributed by atoms with E-state index in [9.17, 15) is 4.79 Å². The second kappa shape index (κ2) is 7.68. The van der Waals surface area contributed by atoms with Gasteiger partial charge >= 0.3 is 0 Å². The third-order valence-electron chi connectivity index (χ3n) is 2.37. The molecule has 0 bridgehead atoms. The Kier molecular flexibility index (Phi) is 6.10. The van der Waals surface area contributed by atoms with Crippen LogP contribution < -0.4 is 15.6 Å². The van der Waals surface area contributed by atoms with Crippen LogP contribution in [0.1, 0.15) is 36.5 Å². The third-order valence-corrected chi connectivity index (χ3v) is 2.37. The summed E-state index contributed by atoms with van der Waals surface area (Å²) in [5, 5.41) is 0. The summed E-state index contributed by atoms with van der Waals surface area (Å²) in [6, 6.07) is 7.14. The molecule has 0 aliphatic heterocycles. The van der Waals surface area contributed by atoms with Crippen molar-refractivity contribution < 1.29 is 9.53 Å². The van der Waals surface area contributed by atoms with Crippen LogP contribution in [0.2, 0.25) is 0 Å². The van der Waals surface area contributed by atoms with Gasteiger partial charge in [-0.25, -0.2) is 5.43 Å². The quantitative estimate of drug-likeness (QED) is 0.563. The van der Waals surface area contributed by atoms with Gasteiger partial charge in [-0.1, -0.05) is 19.8 Å². The van der Waals surface area contributed by atoms with E-state index in [1.807, 2.05) is 12.1 Å². The fourth-order valence-corrected chi connectivity index (χ4v) is 1.43. The standard InChI is InChI=1S/C13H20N2O2/c1-3-4-5-10-17-12-8-6-11(7-9-12)13(16)15-14-2/h6-9,14H,3-5,10H2,1-2H3,(H,15,16). The lowest BCUT2D eigenvalue weighted by molar-refractivity contribution is 0.0938. The average Bonchev–Trinajstić information content (AvgIpc) is 2.36. The SMILES string of the molecule is CCCCCOc1ccc(C(=O)NNC)cc1. The van der Waals surface area contributed by atoms with Gasteiger partial charge in [-0.05, 0) is 30.7 Å². The van der Waals surface area contributed by atoms with Crippen molar-refractivity contribution in [3.05, 3.63) is 29.8 Å². The van der Waals surface area contributed by atoms with Crippen LogP contribution in [0, 0.1) is 0 Å². The number of hydrogen-bond donors (Lipinski definition) is 2. The highest BCUT2D eigenvalue weighted by atomic mass is 16.5. The van der Waals surface area contributed by atoms with Gasteiger partial charge in [0.15, 0.2) is 0 Å². The lowest BCUT2D eigenvalue weighted by Gasteiger charge is -2.07. The van der Waals surface area contributed by atoms with Gasteiger partial charge in [-0.2, -0.15) is 0 Å². The first-order valence-electron chi connectivity index (χ1n) is 5.98. The van der Waals surface area contributed by atoms with Crippen LogP contribution in [0.3, 0.4) is 0 Å². The van der Waals surface area contributed by atoms with Crippen molar-refractivity contribution in [1.29, 1.82) is 0 Å². The summed E-state index contributed by atoms with van der Waals surface area (Å²) in [7, 11) is 1.66. The molecule has 1 rings (SSSR count). The van der Waals surface area contributed by atoms with E-state index in [4.69, 9.17) is 4.74 Å². The van der Waals surface area contributed by atoms with E-state index < -0.39 is 0 Å². The van der Waals surface area contributed by atoms with E-state index in [1.165, 1.54) is 12.8 Å². The van der Waals surface area contributed by atoms with Gasteiger partial charge in [0.2, 0.25) is 0 Å². The maximum atomic E-state index is 11.4. The van der Waals surface area contributed by atoms with Gasteiger partial charge in [0.25, 0.3) is 5.91 Å². The molecule has 0 saturated carbocycles. The summed E-state index contributed by atoms with van der Waals surface area (Å²) in [5.41, 5.74) is 5.72. The molecule has 1 aromatic carbocycles. The van der Waals surface area contributed by atoms with Crippen molar-refractivity contribution >= 4 is 5.91 Å². The van der Waals surface area contributed by atoms with Crippen LogP contribution in [0.5, 0.6) is 5.75 Å². The lowest BCUT2D eigenvalue weighted by atomic mass is 10.2. The largest absolute Gasteiger partial charge is 0.494 e. The highest BCUT2D eigenvalue weighted by Gasteiger charge is 2.03. The minimum absolute atomic E-state index is 0.148. The Morgan fingerprint density at radius 1 is 1.24 bits per heavy atom. The number of unbranched alkanes of at least 4 members (excludes halogenated alkanes) is 2. The minimum Gasteiger partial charge on any atom is -0.494 e. The van der Waals surface area contributed by atoms with Crippen LogP contribution >= 0.6 is 0 Å². The Hall–Kier alpha value is -1.55. The van der Waals surface area contributed by atoms with E-state index in [2.05, 4.69) is 17.8 Å². The fourth-order valence-electron chi connectivity index (χ4n) is 1.43. The molecule has 0 atom stereocenters. The predicted octanol–water partition coefficient (Wildman–Crippen LogP) is 2.12. The zero-order valence-electron chi connectivity index (χ0n) is 10.5. The molecule has 94 valence electrons. The van der Waals surface area contributed by atoms with Gasteiger partial charge in [-0.15, -0.1) is 0 Å². The molecule has 0 aliphatic carbocycles. The van der Waals surface area contributed by atoms with Crippen molar-refractivity contribution in [3.63, 3.8) is 0 Å². The Morgan fingerprint density at radius 2 is 1.94 bits per heavy atom. The number of rotatable bonds is 7. The molecule has 1 aromatic rings. The number of carbonyl (C=O) groups excluding carboxylic acids is 1. The van der Waals surface area contributed by atoms with Gasteiger partial charge in [0, 0.05) is 12.6 Å². The summed E-state index contributed by atoms with van der Waals surface area (Å²) in [6.45, 7) is 2.89. The summed E-state index contributed by atoms with van der Waals surface area (Å²) >= 11 is 0. The molecule has 17 heavy (non-hydrogen) atoms. The second-order valence-electron chi connectivity index (χ2n) is 3.78. The van der Waals surface area contributed by atoms with Crippen LogP contribution in [0.25, 0.3) is 0 Å². The van der Waals surface area contributed by atoms with Gasteiger partial charge < -0.3 is 4.74 Å². The predicted molar refractivity (Wildman–Crippen MR) is 68.0 cm³/mol. The Labute approximate surface area is 102 Å². The summed E-state index contributed by atoms with van der Waals surface area (Å²) in [5.74, 6) is 0.659. The maximum Gasteiger partial charge on any atom is 0.265 e. The Bertz CT molecular complexity index is 336. The molecule has 0 spiro atoms. The summed E-state index contributed by atoms with van der Waals surface area (Å²) in [4.78, 5) is 11.4. The normalized spacial score (nSPS) is 10.0. The van der Waals surface area contributed by atoms with Crippen molar-refractivity contribution in [3.8, 4) is 5.75 Å². The smallest absolute Gasteiger partial charge is 0.265 e. The molecular formula is C13H20N2O2. The lowest BCUT2D eigenvalue weighted by Crippen LogP contribution is -2.33. The minimum atomic E-state index is -0.148. The summed E-state index contributed by atoms with van der Waals surface area (Å²) < 4.78 is 5.56. The summed E-state index contributed by atoms with van der Waals surface area (Å²) in [6.07, 6.45) is 3.44. The average molecular weight is 236 g/mol. The van der Waals surface area contributed by atoms with Crippen molar-refractivity contribution in [2.45, 2.75) is 26.2 Å². The van der Waals surface area contributed by atoms with Crippen LogP contribution in [0.15, 0.2) is 24.3 Å². The topological polar surface area (TPSA) is 50.4 Å². The molecule has 0 aliphatic rings. The van der Waals surface area contributed by atoms with Crippen molar-refractivity contribution in [1.82, 2.24) is 10.9 Å². The maximum absolute atomic E-state index is 11.4. The van der Waals surface area contributed by atoms with Crippen molar-refractivity contribution in [2.24, 2.45) is 0 Å². The molecule has 0 saturated heterocycles. The Morgan fingerprint density at radius 3 is 2.53 bits per heavy atom. The number of carbonyl (C=O) groups is 1. The van der Waals surface area contributed by atoms with E-state index >= 15 is 0 Å². The number of hydrazine groups is 1. The van der Waals surface area contributed by atoms with Gasteiger partial charge in [0.05, 0.1) is 6.61 Å². The van der Waals surface area contributed by atoms with Crippen LogP contribution in [0.4, 0.5) is 0 Å². The zero-order chi connectivity index (χ0) is 12.5.